The van der Waals surface area contributed by atoms with Crippen LogP contribution in [-0.4, -0.2) is 19.1 Å². The van der Waals surface area contributed by atoms with Gasteiger partial charge < -0.3 is 19.2 Å². The molecule has 28 heavy (non-hydrogen) atoms. The number of rotatable bonds is 4. The van der Waals surface area contributed by atoms with E-state index in [9.17, 15) is 4.79 Å². The molecule has 0 aliphatic carbocycles. The molecule has 1 amide bonds. The predicted octanol–water partition coefficient (Wildman–Crippen LogP) is 5.03. The number of hydrogen-bond acceptors (Lipinski definition) is 4. The quantitative estimate of drug-likeness (QED) is 0.691. The third-order valence-electron chi connectivity index (χ3n) is 5.13. The lowest BCUT2D eigenvalue weighted by molar-refractivity contribution is 0.0898. The average Bonchev–Trinajstić information content (AvgIpc) is 2.87. The first kappa shape index (κ1) is 18.4. The Morgan fingerprint density at radius 1 is 1.04 bits per heavy atom. The molecule has 1 N–H and O–H groups in total. The molecule has 0 fully saturated rings. The minimum atomic E-state index is -0.209. The molecule has 146 valence electrons. The number of benzene rings is 2. The van der Waals surface area contributed by atoms with Gasteiger partial charge in [-0.25, -0.2) is 0 Å². The summed E-state index contributed by atoms with van der Waals surface area (Å²) < 4.78 is 17.4. The molecule has 1 aromatic heterocycles. The summed E-state index contributed by atoms with van der Waals surface area (Å²) in [7, 11) is 0. The van der Waals surface area contributed by atoms with Crippen molar-refractivity contribution in [2.45, 2.75) is 33.2 Å². The second-order valence-electron chi connectivity index (χ2n) is 7.50. The summed E-state index contributed by atoms with van der Waals surface area (Å²) in [5, 5.41) is 4.11. The Morgan fingerprint density at radius 2 is 1.79 bits per heavy atom. The molecule has 0 radical (unpaired) electrons. The van der Waals surface area contributed by atoms with Gasteiger partial charge in [-0.15, -0.1) is 0 Å². The molecule has 3 aromatic rings. The van der Waals surface area contributed by atoms with E-state index in [1.807, 2.05) is 49.4 Å². The summed E-state index contributed by atoms with van der Waals surface area (Å²) in [5.74, 6) is 1.83. The van der Waals surface area contributed by atoms with Crippen LogP contribution in [0, 0.1) is 12.8 Å². The SMILES string of the molecule is Cc1c(C(=O)N[C@@H](c2ccc3c(c2)OCCCO3)C(C)C)oc2ccccc12. The summed E-state index contributed by atoms with van der Waals surface area (Å²) in [6.07, 6.45) is 0.861. The highest BCUT2D eigenvalue weighted by atomic mass is 16.5. The third kappa shape index (κ3) is 3.44. The molecular formula is C23H25NO4. The van der Waals surface area contributed by atoms with Crippen LogP contribution in [0.4, 0.5) is 0 Å². The van der Waals surface area contributed by atoms with Crippen molar-refractivity contribution in [1.82, 2.24) is 5.32 Å². The number of para-hydroxylation sites is 1. The van der Waals surface area contributed by atoms with Crippen molar-refractivity contribution in [2.24, 2.45) is 5.92 Å². The van der Waals surface area contributed by atoms with Gasteiger partial charge in [0.2, 0.25) is 0 Å². The van der Waals surface area contributed by atoms with Crippen molar-refractivity contribution in [3.8, 4) is 11.5 Å². The fourth-order valence-electron chi connectivity index (χ4n) is 3.61. The second-order valence-corrected chi connectivity index (χ2v) is 7.50. The highest BCUT2D eigenvalue weighted by Gasteiger charge is 2.24. The van der Waals surface area contributed by atoms with Gasteiger partial charge in [-0.2, -0.15) is 0 Å². The van der Waals surface area contributed by atoms with Crippen molar-refractivity contribution < 1.29 is 18.7 Å². The van der Waals surface area contributed by atoms with E-state index in [0.717, 1.165) is 40.0 Å². The van der Waals surface area contributed by atoms with E-state index in [4.69, 9.17) is 13.9 Å². The van der Waals surface area contributed by atoms with Gasteiger partial charge in [-0.05, 0) is 36.6 Å². The highest BCUT2D eigenvalue weighted by Crippen LogP contribution is 2.34. The molecule has 0 unspecified atom stereocenters. The smallest absolute Gasteiger partial charge is 0.287 e. The Bertz CT molecular complexity index is 1010. The molecule has 1 atom stereocenters. The number of ether oxygens (including phenoxy) is 2. The Balaban J connectivity index is 1.62. The number of hydrogen-bond donors (Lipinski definition) is 1. The zero-order valence-electron chi connectivity index (χ0n) is 16.5. The summed E-state index contributed by atoms with van der Waals surface area (Å²) in [4.78, 5) is 13.0. The molecule has 0 saturated heterocycles. The van der Waals surface area contributed by atoms with Gasteiger partial charge >= 0.3 is 0 Å². The Kier molecular flexibility index (Phi) is 4.99. The van der Waals surface area contributed by atoms with E-state index in [0.29, 0.717) is 19.0 Å². The van der Waals surface area contributed by atoms with Gasteiger partial charge in [-0.3, -0.25) is 4.79 Å². The fraction of sp³-hybridized carbons (Fsp3) is 0.348. The minimum absolute atomic E-state index is 0.169. The van der Waals surface area contributed by atoms with E-state index in [-0.39, 0.29) is 17.9 Å². The van der Waals surface area contributed by atoms with Gasteiger partial charge in [0.25, 0.3) is 5.91 Å². The Hall–Kier alpha value is -2.95. The molecule has 1 aliphatic rings. The molecular weight excluding hydrogens is 354 g/mol. The van der Waals surface area contributed by atoms with Gasteiger partial charge in [0.15, 0.2) is 17.3 Å². The number of aryl methyl sites for hydroxylation is 1. The number of carbonyl (C=O) groups excluding carboxylic acids is 1. The number of amides is 1. The molecule has 4 rings (SSSR count). The van der Waals surface area contributed by atoms with Crippen LogP contribution in [0.25, 0.3) is 11.0 Å². The van der Waals surface area contributed by atoms with Crippen LogP contribution in [-0.2, 0) is 0 Å². The van der Waals surface area contributed by atoms with Crippen LogP contribution < -0.4 is 14.8 Å². The minimum Gasteiger partial charge on any atom is -0.490 e. The van der Waals surface area contributed by atoms with Gasteiger partial charge in [0, 0.05) is 17.4 Å². The van der Waals surface area contributed by atoms with Crippen LogP contribution in [0.2, 0.25) is 0 Å². The fourth-order valence-corrected chi connectivity index (χ4v) is 3.61. The Morgan fingerprint density at radius 3 is 2.54 bits per heavy atom. The molecule has 5 nitrogen and oxygen atoms in total. The molecule has 5 heteroatoms. The largest absolute Gasteiger partial charge is 0.490 e. The molecule has 0 spiro atoms. The number of nitrogens with one attached hydrogen (secondary N) is 1. The highest BCUT2D eigenvalue weighted by molar-refractivity contribution is 5.99. The van der Waals surface area contributed by atoms with Crippen LogP contribution in [0.1, 0.15) is 48.0 Å². The van der Waals surface area contributed by atoms with Gasteiger partial charge in [0.1, 0.15) is 5.58 Å². The molecule has 2 aromatic carbocycles. The maximum atomic E-state index is 13.0. The van der Waals surface area contributed by atoms with Gasteiger partial charge in [-0.1, -0.05) is 38.1 Å². The summed E-state index contributed by atoms with van der Waals surface area (Å²) >= 11 is 0. The lowest BCUT2D eigenvalue weighted by Gasteiger charge is -2.23. The normalized spacial score (nSPS) is 14.7. The van der Waals surface area contributed by atoms with Crippen LogP contribution in [0.3, 0.4) is 0 Å². The number of carbonyl (C=O) groups is 1. The maximum Gasteiger partial charge on any atom is 0.287 e. The lowest BCUT2D eigenvalue weighted by Crippen LogP contribution is -2.31. The zero-order valence-corrected chi connectivity index (χ0v) is 16.5. The zero-order chi connectivity index (χ0) is 19.7. The monoisotopic (exact) mass is 379 g/mol. The van der Waals surface area contributed by atoms with Crippen LogP contribution in [0.15, 0.2) is 46.9 Å². The summed E-state index contributed by atoms with van der Waals surface area (Å²) in [6.45, 7) is 7.37. The molecule has 0 saturated carbocycles. The van der Waals surface area contributed by atoms with Gasteiger partial charge in [0.05, 0.1) is 19.3 Å². The van der Waals surface area contributed by atoms with E-state index in [1.165, 1.54) is 0 Å². The summed E-state index contributed by atoms with van der Waals surface area (Å²) in [5.41, 5.74) is 2.57. The third-order valence-corrected chi connectivity index (χ3v) is 5.13. The molecule has 1 aliphatic heterocycles. The van der Waals surface area contributed by atoms with Crippen molar-refractivity contribution >= 4 is 16.9 Å². The van der Waals surface area contributed by atoms with Crippen molar-refractivity contribution in [3.05, 3.63) is 59.4 Å². The van der Waals surface area contributed by atoms with Crippen LogP contribution >= 0.6 is 0 Å². The van der Waals surface area contributed by atoms with Crippen molar-refractivity contribution in [3.63, 3.8) is 0 Å². The first-order valence-electron chi connectivity index (χ1n) is 9.73. The first-order chi connectivity index (χ1) is 13.5. The van der Waals surface area contributed by atoms with E-state index in [1.54, 1.807) is 0 Å². The standard InChI is InChI=1S/C23H25NO4/c1-14(2)21(16-9-10-19-20(13-16)27-12-6-11-26-19)24-23(25)22-15(3)17-7-4-5-8-18(17)28-22/h4-5,7-10,13-14,21H,6,11-12H2,1-3H3,(H,24,25)/t21-/m1/s1. The van der Waals surface area contributed by atoms with E-state index >= 15 is 0 Å². The van der Waals surface area contributed by atoms with E-state index in [2.05, 4.69) is 19.2 Å². The van der Waals surface area contributed by atoms with Crippen molar-refractivity contribution in [2.75, 3.05) is 13.2 Å². The number of furan rings is 1. The molecule has 0 bridgehead atoms. The van der Waals surface area contributed by atoms with Crippen molar-refractivity contribution in [1.29, 1.82) is 0 Å². The number of fused-ring (bicyclic) bond motifs is 2. The second kappa shape index (κ2) is 7.58. The average molecular weight is 379 g/mol. The van der Waals surface area contributed by atoms with Crippen LogP contribution in [0.5, 0.6) is 11.5 Å². The lowest BCUT2D eigenvalue weighted by atomic mass is 9.95. The first-order valence-corrected chi connectivity index (χ1v) is 9.73. The predicted molar refractivity (Wildman–Crippen MR) is 108 cm³/mol. The Labute approximate surface area is 164 Å². The topological polar surface area (TPSA) is 60.7 Å². The maximum absolute atomic E-state index is 13.0. The van der Waals surface area contributed by atoms with E-state index < -0.39 is 0 Å². The molecule has 2 heterocycles. The summed E-state index contributed by atoms with van der Waals surface area (Å²) in [6, 6.07) is 13.4.